The summed E-state index contributed by atoms with van der Waals surface area (Å²) >= 11 is 0. The van der Waals surface area contributed by atoms with Crippen LogP contribution in [0.25, 0.3) is 11.1 Å². The molecule has 4 aromatic rings. The van der Waals surface area contributed by atoms with Crippen molar-refractivity contribution in [1.82, 2.24) is 0 Å². The summed E-state index contributed by atoms with van der Waals surface area (Å²) in [5.74, 6) is 1.31. The molecule has 4 nitrogen and oxygen atoms in total. The van der Waals surface area contributed by atoms with Crippen molar-refractivity contribution in [2.75, 3.05) is 11.9 Å². The maximum Gasteiger partial charge on any atom is 0.255 e. The number of ether oxygens (including phenoxy) is 2. The van der Waals surface area contributed by atoms with Crippen molar-refractivity contribution in [2.24, 2.45) is 0 Å². The van der Waals surface area contributed by atoms with Gasteiger partial charge in [0.2, 0.25) is 0 Å². The van der Waals surface area contributed by atoms with E-state index in [-0.39, 0.29) is 5.91 Å². The summed E-state index contributed by atoms with van der Waals surface area (Å²) < 4.78 is 11.8. The molecule has 0 aliphatic carbocycles. The summed E-state index contributed by atoms with van der Waals surface area (Å²) in [5.41, 5.74) is 6.61. The number of rotatable bonds is 8. The van der Waals surface area contributed by atoms with Crippen LogP contribution in [-0.4, -0.2) is 12.5 Å². The van der Waals surface area contributed by atoms with Gasteiger partial charge in [0.05, 0.1) is 6.61 Å². The van der Waals surface area contributed by atoms with Crippen LogP contribution in [0.1, 0.15) is 34.0 Å². The van der Waals surface area contributed by atoms with Gasteiger partial charge in [-0.25, -0.2) is 0 Å². The highest BCUT2D eigenvalue weighted by atomic mass is 16.5. The molecule has 1 amide bonds. The normalized spacial score (nSPS) is 10.6. The lowest BCUT2D eigenvalue weighted by molar-refractivity contribution is 0.102. The molecule has 0 bridgehead atoms. The van der Waals surface area contributed by atoms with E-state index in [0.29, 0.717) is 24.5 Å². The van der Waals surface area contributed by atoms with E-state index in [1.54, 1.807) is 6.07 Å². The van der Waals surface area contributed by atoms with Crippen molar-refractivity contribution in [3.05, 3.63) is 113 Å². The van der Waals surface area contributed by atoms with Crippen LogP contribution in [0.15, 0.2) is 91.0 Å². The van der Waals surface area contributed by atoms with Gasteiger partial charge in [0.25, 0.3) is 5.91 Å². The van der Waals surface area contributed by atoms with E-state index in [4.69, 9.17) is 9.47 Å². The van der Waals surface area contributed by atoms with Gasteiger partial charge in [-0.1, -0.05) is 54.6 Å². The highest BCUT2D eigenvalue weighted by molar-refractivity contribution is 6.04. The average molecular weight is 452 g/mol. The van der Waals surface area contributed by atoms with E-state index < -0.39 is 0 Å². The van der Waals surface area contributed by atoms with Gasteiger partial charge in [0.1, 0.15) is 18.1 Å². The van der Waals surface area contributed by atoms with Gasteiger partial charge in [0, 0.05) is 16.8 Å². The quantitative estimate of drug-likeness (QED) is 0.308. The van der Waals surface area contributed by atoms with Gasteiger partial charge < -0.3 is 14.8 Å². The van der Waals surface area contributed by atoms with E-state index in [9.17, 15) is 4.79 Å². The molecule has 172 valence electrons. The number of hydrogen-bond acceptors (Lipinski definition) is 3. The first-order valence-corrected chi connectivity index (χ1v) is 11.5. The molecule has 34 heavy (non-hydrogen) atoms. The smallest absolute Gasteiger partial charge is 0.255 e. The van der Waals surface area contributed by atoms with Gasteiger partial charge >= 0.3 is 0 Å². The first-order chi connectivity index (χ1) is 16.5. The van der Waals surface area contributed by atoms with Crippen LogP contribution in [0.2, 0.25) is 0 Å². The van der Waals surface area contributed by atoms with Gasteiger partial charge in [-0.05, 0) is 79.4 Å². The molecule has 0 aliphatic rings. The SMILES string of the molecule is CCOc1ccc(C(=O)Nc2cc(C)ccc2C)cc1COc1ccc(-c2ccccc2)cc1. The summed E-state index contributed by atoms with van der Waals surface area (Å²) in [6, 6.07) is 29.7. The Labute approximate surface area is 201 Å². The molecule has 0 atom stereocenters. The number of nitrogens with one attached hydrogen (secondary N) is 1. The molecular weight excluding hydrogens is 422 g/mol. The third-order valence-corrected chi connectivity index (χ3v) is 5.62. The number of anilines is 1. The van der Waals surface area contributed by atoms with Crippen LogP contribution in [0.4, 0.5) is 5.69 Å². The molecule has 1 N–H and O–H groups in total. The van der Waals surface area contributed by atoms with Crippen molar-refractivity contribution >= 4 is 11.6 Å². The molecule has 0 heterocycles. The van der Waals surface area contributed by atoms with Crippen LogP contribution in [-0.2, 0) is 6.61 Å². The second-order valence-electron chi connectivity index (χ2n) is 8.21. The lowest BCUT2D eigenvalue weighted by atomic mass is 10.1. The van der Waals surface area contributed by atoms with Crippen LogP contribution in [0.5, 0.6) is 11.5 Å². The van der Waals surface area contributed by atoms with Gasteiger partial charge in [-0.15, -0.1) is 0 Å². The number of hydrogen-bond donors (Lipinski definition) is 1. The van der Waals surface area contributed by atoms with Crippen LogP contribution in [0, 0.1) is 13.8 Å². The number of carbonyl (C=O) groups excluding carboxylic acids is 1. The average Bonchev–Trinajstić information content (AvgIpc) is 2.86. The Hall–Kier alpha value is -4.05. The molecule has 0 aliphatic heterocycles. The maximum absolute atomic E-state index is 13.0. The van der Waals surface area contributed by atoms with E-state index >= 15 is 0 Å². The van der Waals surface area contributed by atoms with Crippen LogP contribution in [0.3, 0.4) is 0 Å². The summed E-state index contributed by atoms with van der Waals surface area (Å²) in [6.07, 6.45) is 0. The standard InChI is InChI=1S/C30H29NO3/c1-4-33-29-17-14-25(30(32)31-28-18-21(2)10-11-22(28)3)19-26(29)20-34-27-15-12-24(13-16-27)23-8-6-5-7-9-23/h5-19H,4,20H2,1-3H3,(H,31,32). The molecule has 4 heteroatoms. The number of benzene rings is 4. The monoisotopic (exact) mass is 451 g/mol. The Morgan fingerprint density at radius 2 is 1.53 bits per heavy atom. The molecule has 0 saturated carbocycles. The molecule has 4 rings (SSSR count). The fourth-order valence-corrected chi connectivity index (χ4v) is 3.73. The van der Waals surface area contributed by atoms with Crippen LogP contribution >= 0.6 is 0 Å². The van der Waals surface area contributed by atoms with Gasteiger partial charge in [0.15, 0.2) is 0 Å². The summed E-state index contributed by atoms with van der Waals surface area (Å²) in [7, 11) is 0. The van der Waals surface area contributed by atoms with E-state index in [1.807, 2.05) is 93.6 Å². The number of aryl methyl sites for hydroxylation is 2. The molecular formula is C30H29NO3. The Kier molecular flexibility index (Phi) is 7.28. The summed E-state index contributed by atoms with van der Waals surface area (Å²) in [4.78, 5) is 13.0. The minimum atomic E-state index is -0.162. The summed E-state index contributed by atoms with van der Waals surface area (Å²) in [5, 5.41) is 3.02. The number of amides is 1. The first-order valence-electron chi connectivity index (χ1n) is 11.5. The summed E-state index contributed by atoms with van der Waals surface area (Å²) in [6.45, 7) is 6.76. The third-order valence-electron chi connectivity index (χ3n) is 5.62. The van der Waals surface area contributed by atoms with Crippen molar-refractivity contribution in [3.8, 4) is 22.6 Å². The van der Waals surface area contributed by atoms with Crippen molar-refractivity contribution in [2.45, 2.75) is 27.4 Å². The Balaban J connectivity index is 1.49. The molecule has 0 aromatic heterocycles. The lowest BCUT2D eigenvalue weighted by Gasteiger charge is -2.14. The fourth-order valence-electron chi connectivity index (χ4n) is 3.73. The van der Waals surface area contributed by atoms with E-state index in [1.165, 1.54) is 0 Å². The highest BCUT2D eigenvalue weighted by Crippen LogP contribution is 2.26. The zero-order chi connectivity index (χ0) is 23.9. The van der Waals surface area contributed by atoms with Gasteiger partial charge in [-0.2, -0.15) is 0 Å². The van der Waals surface area contributed by atoms with Crippen LogP contribution < -0.4 is 14.8 Å². The molecule has 0 saturated heterocycles. The minimum absolute atomic E-state index is 0.162. The first kappa shape index (κ1) is 23.1. The third kappa shape index (κ3) is 5.65. The Morgan fingerprint density at radius 1 is 0.794 bits per heavy atom. The van der Waals surface area contributed by atoms with Gasteiger partial charge in [-0.3, -0.25) is 4.79 Å². The molecule has 0 unspecified atom stereocenters. The highest BCUT2D eigenvalue weighted by Gasteiger charge is 2.13. The Bertz CT molecular complexity index is 1260. The molecule has 4 aromatic carbocycles. The predicted octanol–water partition coefficient (Wildman–Crippen LogP) is 7.20. The second-order valence-corrected chi connectivity index (χ2v) is 8.21. The second kappa shape index (κ2) is 10.7. The van der Waals surface area contributed by atoms with E-state index in [2.05, 4.69) is 17.4 Å². The topological polar surface area (TPSA) is 47.6 Å². The largest absolute Gasteiger partial charge is 0.493 e. The molecule has 0 fully saturated rings. The zero-order valence-corrected chi connectivity index (χ0v) is 19.8. The van der Waals surface area contributed by atoms with Crippen molar-refractivity contribution in [3.63, 3.8) is 0 Å². The molecule has 0 spiro atoms. The minimum Gasteiger partial charge on any atom is -0.493 e. The fraction of sp³-hybridized carbons (Fsp3) is 0.167. The van der Waals surface area contributed by atoms with Crippen molar-refractivity contribution < 1.29 is 14.3 Å². The van der Waals surface area contributed by atoms with E-state index in [0.717, 1.165) is 39.3 Å². The van der Waals surface area contributed by atoms with Crippen molar-refractivity contribution in [1.29, 1.82) is 0 Å². The maximum atomic E-state index is 13.0. The molecule has 0 radical (unpaired) electrons. The Morgan fingerprint density at radius 3 is 2.26 bits per heavy atom. The predicted molar refractivity (Wildman–Crippen MR) is 138 cm³/mol. The number of carbonyl (C=O) groups is 1. The zero-order valence-electron chi connectivity index (χ0n) is 19.8. The lowest BCUT2D eigenvalue weighted by Crippen LogP contribution is -2.14.